The maximum atomic E-state index is 11.5. The number of ether oxygens (including phenoxy) is 1. The lowest BCUT2D eigenvalue weighted by Gasteiger charge is -2.05. The molecule has 2 aromatic rings. The number of esters is 1. The summed E-state index contributed by atoms with van der Waals surface area (Å²) in [5.41, 5.74) is 1.01. The number of carbonyl (C=O) groups is 1. The Balaban J connectivity index is 2.17. The molecule has 0 N–H and O–H groups in total. The summed E-state index contributed by atoms with van der Waals surface area (Å²) in [6.45, 7) is 2.01. The van der Waals surface area contributed by atoms with Crippen molar-refractivity contribution in [2.75, 3.05) is 6.61 Å². The van der Waals surface area contributed by atoms with E-state index in [-0.39, 0.29) is 17.3 Å². The van der Waals surface area contributed by atoms with Crippen LogP contribution in [0.3, 0.4) is 0 Å². The van der Waals surface area contributed by atoms with Crippen LogP contribution < -0.4 is 0 Å². The van der Waals surface area contributed by atoms with E-state index in [1.165, 1.54) is 6.20 Å². The molecule has 5 nitrogen and oxygen atoms in total. The van der Waals surface area contributed by atoms with Crippen LogP contribution in [-0.4, -0.2) is 27.5 Å². The molecule has 0 spiro atoms. The lowest BCUT2D eigenvalue weighted by molar-refractivity contribution is 0.0525. The van der Waals surface area contributed by atoms with Crippen LogP contribution in [0.4, 0.5) is 0 Å². The van der Waals surface area contributed by atoms with Crippen molar-refractivity contribution in [1.82, 2.24) is 15.0 Å². The highest BCUT2D eigenvalue weighted by atomic mass is 35.5. The van der Waals surface area contributed by atoms with Gasteiger partial charge in [0.2, 0.25) is 0 Å². The Hall–Kier alpha value is -2.01. The molecule has 0 radical (unpaired) electrons. The normalized spacial score (nSPS) is 10.2. The van der Waals surface area contributed by atoms with Crippen molar-refractivity contribution in [3.63, 3.8) is 0 Å². The largest absolute Gasteiger partial charge is 0.462 e. The topological polar surface area (TPSA) is 65.0 Å². The third-order valence-electron chi connectivity index (χ3n) is 2.35. The van der Waals surface area contributed by atoms with Crippen molar-refractivity contribution >= 4 is 17.6 Å². The van der Waals surface area contributed by atoms with Gasteiger partial charge in [0, 0.05) is 18.1 Å². The number of hydrogen-bond donors (Lipinski definition) is 0. The molecule has 0 aliphatic carbocycles. The van der Waals surface area contributed by atoms with Gasteiger partial charge in [-0.15, -0.1) is 0 Å². The average Bonchev–Trinajstić information content (AvgIpc) is 2.40. The molecule has 19 heavy (non-hydrogen) atoms. The van der Waals surface area contributed by atoms with Crippen LogP contribution >= 0.6 is 11.6 Å². The summed E-state index contributed by atoms with van der Waals surface area (Å²) in [5, 5.41) is 0.0966. The van der Waals surface area contributed by atoms with Gasteiger partial charge in [-0.05, 0) is 19.1 Å². The molecule has 2 rings (SSSR count). The van der Waals surface area contributed by atoms with Crippen molar-refractivity contribution < 1.29 is 9.53 Å². The highest BCUT2D eigenvalue weighted by Crippen LogP contribution is 2.14. The predicted molar refractivity (Wildman–Crippen MR) is 70.0 cm³/mol. The Labute approximate surface area is 115 Å². The van der Waals surface area contributed by atoms with E-state index in [0.29, 0.717) is 12.2 Å². The molecule has 0 atom stereocenters. The van der Waals surface area contributed by atoms with Crippen LogP contribution in [0.15, 0.2) is 30.6 Å². The van der Waals surface area contributed by atoms with E-state index in [1.54, 1.807) is 13.1 Å². The van der Waals surface area contributed by atoms with Gasteiger partial charge in [0.15, 0.2) is 0 Å². The summed E-state index contributed by atoms with van der Waals surface area (Å²) in [6, 6.07) is 5.59. The molecule has 98 valence electrons. The Morgan fingerprint density at radius 3 is 2.84 bits per heavy atom. The van der Waals surface area contributed by atoms with Crippen LogP contribution in [-0.2, 0) is 11.2 Å². The summed E-state index contributed by atoms with van der Waals surface area (Å²) in [6.07, 6.45) is 3.54. The highest BCUT2D eigenvalue weighted by molar-refractivity contribution is 6.32. The van der Waals surface area contributed by atoms with Gasteiger partial charge in [0.1, 0.15) is 16.5 Å². The van der Waals surface area contributed by atoms with E-state index in [9.17, 15) is 4.79 Å². The first kappa shape index (κ1) is 13.4. The van der Waals surface area contributed by atoms with Crippen molar-refractivity contribution in [3.8, 4) is 0 Å². The quantitative estimate of drug-likeness (QED) is 0.634. The minimum absolute atomic E-state index is 0.0966. The lowest BCUT2D eigenvalue weighted by atomic mass is 10.2. The summed E-state index contributed by atoms with van der Waals surface area (Å²) in [5.74, 6) is -0.00589. The first-order valence-corrected chi connectivity index (χ1v) is 6.17. The van der Waals surface area contributed by atoms with Crippen LogP contribution in [0.2, 0.25) is 5.15 Å². The number of nitrogens with zero attached hydrogens (tertiary/aromatic N) is 3. The second-order valence-corrected chi connectivity index (χ2v) is 4.07. The second kappa shape index (κ2) is 6.24. The molecule has 0 saturated carbocycles. The molecule has 2 aromatic heterocycles. The van der Waals surface area contributed by atoms with E-state index in [4.69, 9.17) is 16.3 Å². The van der Waals surface area contributed by atoms with Gasteiger partial charge in [-0.25, -0.2) is 14.8 Å². The third kappa shape index (κ3) is 3.48. The summed E-state index contributed by atoms with van der Waals surface area (Å²) >= 11 is 5.95. The summed E-state index contributed by atoms with van der Waals surface area (Å²) in [7, 11) is 0. The zero-order valence-electron chi connectivity index (χ0n) is 10.3. The van der Waals surface area contributed by atoms with E-state index in [0.717, 1.165) is 5.69 Å². The van der Waals surface area contributed by atoms with E-state index < -0.39 is 5.97 Å². The standard InChI is InChI=1S/C13H12ClN3O2/c1-2-19-13(18)10-8-16-11(17-12(10)14)7-9-5-3-4-6-15-9/h3-6,8H,2,7H2,1H3. The predicted octanol–water partition coefficient (Wildman–Crippen LogP) is 2.29. The molecule has 0 aliphatic rings. The fourth-order valence-corrected chi connectivity index (χ4v) is 1.71. The Morgan fingerprint density at radius 2 is 2.21 bits per heavy atom. The van der Waals surface area contributed by atoms with Gasteiger partial charge >= 0.3 is 5.97 Å². The molecule has 0 aliphatic heterocycles. The molecule has 0 aromatic carbocycles. The van der Waals surface area contributed by atoms with Gasteiger partial charge < -0.3 is 4.74 Å². The van der Waals surface area contributed by atoms with Crippen LogP contribution in [0.5, 0.6) is 0 Å². The monoisotopic (exact) mass is 277 g/mol. The van der Waals surface area contributed by atoms with Crippen LogP contribution in [0.1, 0.15) is 28.8 Å². The van der Waals surface area contributed by atoms with Gasteiger partial charge in [-0.3, -0.25) is 4.98 Å². The summed E-state index contributed by atoms with van der Waals surface area (Å²) in [4.78, 5) is 23.9. The zero-order chi connectivity index (χ0) is 13.7. The minimum Gasteiger partial charge on any atom is -0.462 e. The van der Waals surface area contributed by atoms with Crippen molar-refractivity contribution in [2.24, 2.45) is 0 Å². The summed E-state index contributed by atoms with van der Waals surface area (Å²) < 4.78 is 4.85. The van der Waals surface area contributed by atoms with E-state index in [1.807, 2.05) is 18.2 Å². The van der Waals surface area contributed by atoms with Gasteiger partial charge in [0.25, 0.3) is 0 Å². The number of halogens is 1. The number of hydrogen-bond acceptors (Lipinski definition) is 5. The van der Waals surface area contributed by atoms with E-state index in [2.05, 4.69) is 15.0 Å². The highest BCUT2D eigenvalue weighted by Gasteiger charge is 2.14. The molecular weight excluding hydrogens is 266 g/mol. The Kier molecular flexibility index (Phi) is 4.41. The molecule has 0 saturated heterocycles. The smallest absolute Gasteiger partial charge is 0.342 e. The molecule has 6 heteroatoms. The van der Waals surface area contributed by atoms with Crippen molar-refractivity contribution in [1.29, 1.82) is 0 Å². The minimum atomic E-state index is -0.517. The maximum absolute atomic E-state index is 11.5. The Morgan fingerprint density at radius 1 is 1.37 bits per heavy atom. The Bertz CT molecular complexity index is 575. The SMILES string of the molecule is CCOC(=O)c1cnc(Cc2ccccn2)nc1Cl. The van der Waals surface area contributed by atoms with Gasteiger partial charge in [0.05, 0.1) is 13.0 Å². The average molecular weight is 278 g/mol. The third-order valence-corrected chi connectivity index (χ3v) is 2.64. The fraction of sp³-hybridized carbons (Fsp3) is 0.231. The van der Waals surface area contributed by atoms with Crippen LogP contribution in [0.25, 0.3) is 0 Å². The zero-order valence-corrected chi connectivity index (χ0v) is 11.1. The van der Waals surface area contributed by atoms with Gasteiger partial charge in [-0.2, -0.15) is 0 Å². The lowest BCUT2D eigenvalue weighted by Crippen LogP contribution is -2.09. The van der Waals surface area contributed by atoms with Crippen LogP contribution in [0, 0.1) is 0 Å². The number of carbonyl (C=O) groups excluding carboxylic acids is 1. The van der Waals surface area contributed by atoms with Gasteiger partial charge in [-0.1, -0.05) is 17.7 Å². The fourth-order valence-electron chi connectivity index (χ4n) is 1.49. The molecule has 2 heterocycles. The molecule has 0 bridgehead atoms. The molecular formula is C13H12ClN3O2. The van der Waals surface area contributed by atoms with Crippen molar-refractivity contribution in [3.05, 3.63) is 52.8 Å². The molecule has 0 unspecified atom stereocenters. The number of pyridine rings is 1. The first-order chi connectivity index (χ1) is 9.20. The van der Waals surface area contributed by atoms with Crippen molar-refractivity contribution in [2.45, 2.75) is 13.3 Å². The van der Waals surface area contributed by atoms with E-state index >= 15 is 0 Å². The number of rotatable bonds is 4. The molecule has 0 fully saturated rings. The first-order valence-electron chi connectivity index (χ1n) is 5.79. The maximum Gasteiger partial charge on any atom is 0.342 e. The molecule has 0 amide bonds. The number of aromatic nitrogens is 3. The second-order valence-electron chi connectivity index (χ2n) is 3.71.